The number of benzene rings is 2. The van der Waals surface area contributed by atoms with Crippen molar-refractivity contribution in [2.45, 2.75) is 20.0 Å². The summed E-state index contributed by atoms with van der Waals surface area (Å²) in [7, 11) is 0. The smallest absolute Gasteiger partial charge is 0.280 e. The van der Waals surface area contributed by atoms with Gasteiger partial charge >= 0.3 is 0 Å². The quantitative estimate of drug-likeness (QED) is 0.459. The number of rotatable bonds is 5. The van der Waals surface area contributed by atoms with E-state index in [0.29, 0.717) is 34.5 Å². The number of hydrogen-bond donors (Lipinski definition) is 2. The molecule has 1 aliphatic heterocycles. The molecular formula is C25H27N5O3. The van der Waals surface area contributed by atoms with Gasteiger partial charge in [0.15, 0.2) is 0 Å². The molecule has 3 N–H and O–H groups in total. The molecule has 0 radical (unpaired) electrons. The summed E-state index contributed by atoms with van der Waals surface area (Å²) in [5.41, 5.74) is 10.1. The summed E-state index contributed by atoms with van der Waals surface area (Å²) >= 11 is 0. The maximum Gasteiger partial charge on any atom is 0.280 e. The number of aromatic amines is 1. The van der Waals surface area contributed by atoms with Crippen molar-refractivity contribution in [3.8, 4) is 5.69 Å². The van der Waals surface area contributed by atoms with Gasteiger partial charge in [0.1, 0.15) is 0 Å². The second kappa shape index (κ2) is 8.73. The standard InChI is InChI=1S/C25H27N5O3/c1-17-24-22(27-30(25(24)32)21-8-4-7-20(26)13-21)14-23(31)29(17)16-19-6-3-2-5-18(19)15-28-9-11-33-12-10-28/h2-8,13-14,27H,9-12,15-16,26H2,1H3. The molecule has 1 aliphatic rings. The largest absolute Gasteiger partial charge is 0.399 e. The third kappa shape index (κ3) is 4.10. The van der Waals surface area contributed by atoms with Crippen LogP contribution in [0.2, 0.25) is 0 Å². The van der Waals surface area contributed by atoms with Gasteiger partial charge in [0.25, 0.3) is 11.1 Å². The zero-order valence-corrected chi connectivity index (χ0v) is 18.6. The number of hydrogen-bond acceptors (Lipinski definition) is 5. The number of morpholine rings is 1. The molecular weight excluding hydrogens is 418 g/mol. The average Bonchev–Trinajstić information content (AvgIpc) is 3.14. The van der Waals surface area contributed by atoms with Gasteiger partial charge in [-0.1, -0.05) is 30.3 Å². The predicted molar refractivity (Wildman–Crippen MR) is 129 cm³/mol. The van der Waals surface area contributed by atoms with Gasteiger partial charge in [-0.3, -0.25) is 19.6 Å². The van der Waals surface area contributed by atoms with E-state index >= 15 is 0 Å². The molecule has 0 spiro atoms. The first-order valence-electron chi connectivity index (χ1n) is 11.1. The van der Waals surface area contributed by atoms with Crippen molar-refractivity contribution in [1.82, 2.24) is 19.2 Å². The van der Waals surface area contributed by atoms with Crippen LogP contribution >= 0.6 is 0 Å². The van der Waals surface area contributed by atoms with Crippen LogP contribution in [0.25, 0.3) is 16.6 Å². The highest BCUT2D eigenvalue weighted by molar-refractivity contribution is 5.80. The van der Waals surface area contributed by atoms with Crippen molar-refractivity contribution in [2.24, 2.45) is 0 Å². The molecule has 0 amide bonds. The number of fused-ring (bicyclic) bond motifs is 1. The average molecular weight is 446 g/mol. The van der Waals surface area contributed by atoms with Crippen LogP contribution in [0.4, 0.5) is 5.69 Å². The zero-order chi connectivity index (χ0) is 22.9. The number of pyridine rings is 1. The first-order valence-corrected chi connectivity index (χ1v) is 11.1. The van der Waals surface area contributed by atoms with Crippen molar-refractivity contribution in [3.05, 3.63) is 92.1 Å². The molecule has 33 heavy (non-hydrogen) atoms. The minimum atomic E-state index is -0.205. The molecule has 8 heteroatoms. The van der Waals surface area contributed by atoms with Gasteiger partial charge in [-0.2, -0.15) is 0 Å². The maximum atomic E-state index is 13.3. The number of nitrogen functional groups attached to an aromatic ring is 1. The minimum Gasteiger partial charge on any atom is -0.399 e. The van der Waals surface area contributed by atoms with E-state index in [0.717, 1.165) is 38.4 Å². The third-order valence-electron chi connectivity index (χ3n) is 6.29. The molecule has 2 aromatic heterocycles. The van der Waals surface area contributed by atoms with Crippen LogP contribution in [0, 0.1) is 6.92 Å². The van der Waals surface area contributed by atoms with E-state index in [1.165, 1.54) is 16.3 Å². The fourth-order valence-electron chi connectivity index (χ4n) is 4.49. The summed E-state index contributed by atoms with van der Waals surface area (Å²) in [5.74, 6) is 0. The van der Waals surface area contributed by atoms with E-state index in [2.05, 4.69) is 16.1 Å². The zero-order valence-electron chi connectivity index (χ0n) is 18.6. The SMILES string of the molecule is Cc1c2c(=O)n(-c3cccc(N)c3)[nH]c2cc(=O)n1Cc1ccccc1CN1CCOCC1. The summed E-state index contributed by atoms with van der Waals surface area (Å²) in [6, 6.07) is 16.7. The Morgan fingerprint density at radius 2 is 1.70 bits per heavy atom. The van der Waals surface area contributed by atoms with Crippen LogP contribution in [0.15, 0.2) is 64.2 Å². The van der Waals surface area contributed by atoms with Crippen molar-refractivity contribution in [1.29, 1.82) is 0 Å². The molecule has 8 nitrogen and oxygen atoms in total. The number of nitrogens with two attached hydrogens (primary N) is 1. The Bertz CT molecular complexity index is 1430. The van der Waals surface area contributed by atoms with Crippen LogP contribution in [-0.2, 0) is 17.8 Å². The highest BCUT2D eigenvalue weighted by Gasteiger charge is 2.17. The van der Waals surface area contributed by atoms with Crippen LogP contribution in [0.1, 0.15) is 16.8 Å². The van der Waals surface area contributed by atoms with Gasteiger partial charge in [-0.25, -0.2) is 4.68 Å². The van der Waals surface area contributed by atoms with E-state index < -0.39 is 0 Å². The van der Waals surface area contributed by atoms with Crippen LogP contribution in [0.5, 0.6) is 0 Å². The lowest BCUT2D eigenvalue weighted by Crippen LogP contribution is -2.36. The van der Waals surface area contributed by atoms with Crippen molar-refractivity contribution >= 4 is 16.6 Å². The Morgan fingerprint density at radius 1 is 0.970 bits per heavy atom. The summed E-state index contributed by atoms with van der Waals surface area (Å²) in [4.78, 5) is 28.7. The number of aromatic nitrogens is 3. The molecule has 4 aromatic rings. The Balaban J connectivity index is 1.54. The molecule has 0 bridgehead atoms. The first-order chi connectivity index (χ1) is 16.0. The van der Waals surface area contributed by atoms with E-state index in [9.17, 15) is 9.59 Å². The Labute approximate surface area is 190 Å². The second-order valence-corrected chi connectivity index (χ2v) is 8.45. The lowest BCUT2D eigenvalue weighted by atomic mass is 10.1. The Hall–Kier alpha value is -3.62. The van der Waals surface area contributed by atoms with Gasteiger partial charge in [0.05, 0.1) is 36.3 Å². The summed E-state index contributed by atoms with van der Waals surface area (Å²) < 4.78 is 8.57. The number of nitrogens with zero attached hydrogens (tertiary/aromatic N) is 3. The second-order valence-electron chi connectivity index (χ2n) is 8.45. The Morgan fingerprint density at radius 3 is 2.42 bits per heavy atom. The van der Waals surface area contributed by atoms with E-state index in [-0.39, 0.29) is 11.1 Å². The minimum absolute atomic E-state index is 0.151. The fourth-order valence-corrected chi connectivity index (χ4v) is 4.49. The number of nitrogens with one attached hydrogen (secondary N) is 1. The molecule has 0 unspecified atom stereocenters. The molecule has 3 heterocycles. The highest BCUT2D eigenvalue weighted by Crippen LogP contribution is 2.18. The molecule has 5 rings (SSSR count). The Kier molecular flexibility index (Phi) is 5.62. The number of anilines is 1. The molecule has 0 atom stereocenters. The summed E-state index contributed by atoms with van der Waals surface area (Å²) in [6.45, 7) is 6.31. The number of aryl methyl sites for hydroxylation is 1. The topological polar surface area (TPSA) is 98.3 Å². The van der Waals surface area contributed by atoms with Crippen molar-refractivity contribution in [3.63, 3.8) is 0 Å². The van der Waals surface area contributed by atoms with E-state index in [1.807, 2.05) is 25.1 Å². The first kappa shape index (κ1) is 21.2. The lowest BCUT2D eigenvalue weighted by molar-refractivity contribution is 0.0340. The van der Waals surface area contributed by atoms with Crippen molar-refractivity contribution in [2.75, 3.05) is 32.0 Å². The van der Waals surface area contributed by atoms with Gasteiger partial charge < -0.3 is 15.0 Å². The lowest BCUT2D eigenvalue weighted by Gasteiger charge is -2.27. The molecule has 1 fully saturated rings. The number of H-pyrrole nitrogens is 1. The fraction of sp³-hybridized carbons (Fsp3) is 0.280. The van der Waals surface area contributed by atoms with Gasteiger partial charge in [-0.05, 0) is 36.2 Å². The van der Waals surface area contributed by atoms with E-state index in [4.69, 9.17) is 10.5 Å². The molecule has 170 valence electrons. The van der Waals surface area contributed by atoms with Crippen LogP contribution in [-0.4, -0.2) is 45.6 Å². The molecule has 0 aliphatic carbocycles. The van der Waals surface area contributed by atoms with Gasteiger partial charge in [0.2, 0.25) is 0 Å². The van der Waals surface area contributed by atoms with Crippen LogP contribution in [0.3, 0.4) is 0 Å². The molecule has 1 saturated heterocycles. The normalized spacial score (nSPS) is 14.7. The van der Waals surface area contributed by atoms with E-state index in [1.54, 1.807) is 28.8 Å². The number of ether oxygens (including phenoxy) is 1. The van der Waals surface area contributed by atoms with Crippen molar-refractivity contribution < 1.29 is 4.74 Å². The summed E-state index contributed by atoms with van der Waals surface area (Å²) in [6.07, 6.45) is 0. The molecule has 2 aromatic carbocycles. The van der Waals surface area contributed by atoms with Crippen LogP contribution < -0.4 is 16.9 Å². The maximum absolute atomic E-state index is 13.3. The monoisotopic (exact) mass is 445 g/mol. The van der Waals surface area contributed by atoms with Gasteiger partial charge in [0, 0.05) is 37.1 Å². The summed E-state index contributed by atoms with van der Waals surface area (Å²) in [5, 5.41) is 3.56. The highest BCUT2D eigenvalue weighted by atomic mass is 16.5. The third-order valence-corrected chi connectivity index (χ3v) is 6.29. The predicted octanol–water partition coefficient (Wildman–Crippen LogP) is 2.25. The molecule has 0 saturated carbocycles. The van der Waals surface area contributed by atoms with Gasteiger partial charge in [-0.15, -0.1) is 0 Å².